The van der Waals surface area contributed by atoms with E-state index in [1.54, 1.807) is 10.9 Å². The minimum absolute atomic E-state index is 0.486. The van der Waals surface area contributed by atoms with Gasteiger partial charge in [-0.2, -0.15) is 4.68 Å². The Morgan fingerprint density at radius 1 is 1.27 bits per heavy atom. The zero-order chi connectivity index (χ0) is 10.8. The van der Waals surface area contributed by atoms with Gasteiger partial charge in [-0.3, -0.25) is 4.98 Å². The monoisotopic (exact) mass is 205 g/mol. The number of anilines is 1. The molecule has 0 radical (unpaired) electrons. The molecule has 7 heteroatoms. The summed E-state index contributed by atoms with van der Waals surface area (Å²) < 4.78 is 1.61. The number of rotatable bonds is 2. The molecule has 0 unspecified atom stereocenters. The van der Waals surface area contributed by atoms with Crippen LogP contribution in [0.3, 0.4) is 0 Å². The van der Waals surface area contributed by atoms with Gasteiger partial charge in [-0.1, -0.05) is 0 Å². The Morgan fingerprint density at radius 2 is 2.07 bits per heavy atom. The van der Waals surface area contributed by atoms with Crippen molar-refractivity contribution in [3.8, 4) is 5.82 Å². The minimum Gasteiger partial charge on any atom is -0.307 e. The van der Waals surface area contributed by atoms with E-state index < -0.39 is 0 Å². The molecule has 0 aromatic carbocycles. The first-order valence-electron chi connectivity index (χ1n) is 4.40. The fraction of sp³-hybridized carbons (Fsp3) is 0.250. The molecular weight excluding hydrogens is 194 g/mol. The molecule has 7 nitrogen and oxygen atoms in total. The molecule has 0 amide bonds. The van der Waals surface area contributed by atoms with Crippen molar-refractivity contribution in [2.75, 3.05) is 5.43 Å². The number of aromatic nitrogens is 5. The summed E-state index contributed by atoms with van der Waals surface area (Å²) in [6.45, 7) is 3.67. The molecule has 2 aromatic heterocycles. The maximum Gasteiger partial charge on any atom is 0.176 e. The van der Waals surface area contributed by atoms with Gasteiger partial charge in [-0.05, 0) is 13.8 Å². The van der Waals surface area contributed by atoms with Crippen LogP contribution in [0.1, 0.15) is 11.6 Å². The molecule has 0 saturated carbocycles. The van der Waals surface area contributed by atoms with Gasteiger partial charge in [-0.15, -0.1) is 5.10 Å². The molecule has 0 aliphatic rings. The van der Waals surface area contributed by atoms with E-state index in [1.807, 2.05) is 13.8 Å². The third kappa shape index (κ3) is 1.77. The van der Waals surface area contributed by atoms with E-state index >= 15 is 0 Å². The Morgan fingerprint density at radius 3 is 2.67 bits per heavy atom. The molecule has 0 atom stereocenters. The van der Waals surface area contributed by atoms with Crippen molar-refractivity contribution in [3.63, 3.8) is 0 Å². The molecule has 2 rings (SSSR count). The average molecular weight is 205 g/mol. The quantitative estimate of drug-likeness (QED) is 0.527. The lowest BCUT2D eigenvalue weighted by atomic mass is 10.6. The van der Waals surface area contributed by atoms with Crippen LogP contribution in [-0.2, 0) is 0 Å². The smallest absolute Gasteiger partial charge is 0.176 e. The predicted octanol–water partition coefficient (Wildman–Crippen LogP) is -0.0403. The number of nitrogens with zero attached hydrogens (tertiary/aromatic N) is 5. The lowest BCUT2D eigenvalue weighted by Gasteiger charge is -2.03. The lowest BCUT2D eigenvalue weighted by Crippen LogP contribution is -2.11. The number of nitrogen functional groups attached to an aromatic ring is 1. The van der Waals surface area contributed by atoms with E-state index in [0.717, 1.165) is 5.82 Å². The first-order chi connectivity index (χ1) is 7.20. The molecule has 0 aliphatic heterocycles. The highest BCUT2D eigenvalue weighted by molar-refractivity contribution is 5.34. The Labute approximate surface area is 86.3 Å². The molecule has 2 heterocycles. The highest BCUT2D eigenvalue weighted by Crippen LogP contribution is 2.07. The number of hydrazine groups is 1. The zero-order valence-corrected chi connectivity index (χ0v) is 8.47. The fourth-order valence-electron chi connectivity index (χ4n) is 1.27. The highest BCUT2D eigenvalue weighted by Gasteiger charge is 2.06. The van der Waals surface area contributed by atoms with E-state index in [1.165, 1.54) is 6.20 Å². The Balaban J connectivity index is 2.49. The number of nitrogens with two attached hydrogens (primary N) is 1. The summed E-state index contributed by atoms with van der Waals surface area (Å²) in [5.41, 5.74) is 2.43. The largest absolute Gasteiger partial charge is 0.307 e. The second-order valence-corrected chi connectivity index (χ2v) is 3.02. The van der Waals surface area contributed by atoms with E-state index in [-0.39, 0.29) is 0 Å². The van der Waals surface area contributed by atoms with Crippen molar-refractivity contribution in [1.82, 2.24) is 24.7 Å². The standard InChI is InChI=1S/C8H11N7/c1-5-11-6(2)15(14-5)8-4-10-3-7(12-8)13-9/h3-4H,9H2,1-2H3,(H,12,13). The van der Waals surface area contributed by atoms with Gasteiger partial charge >= 0.3 is 0 Å². The number of aryl methyl sites for hydroxylation is 2. The van der Waals surface area contributed by atoms with Crippen molar-refractivity contribution in [2.24, 2.45) is 5.84 Å². The van der Waals surface area contributed by atoms with Crippen molar-refractivity contribution >= 4 is 5.82 Å². The van der Waals surface area contributed by atoms with Gasteiger partial charge in [0.05, 0.1) is 12.4 Å². The molecule has 3 N–H and O–H groups in total. The van der Waals surface area contributed by atoms with Crippen LogP contribution in [0.4, 0.5) is 5.82 Å². The average Bonchev–Trinajstić information content (AvgIpc) is 2.58. The first-order valence-corrected chi connectivity index (χ1v) is 4.40. The van der Waals surface area contributed by atoms with E-state index in [2.05, 4.69) is 25.5 Å². The molecule has 78 valence electrons. The van der Waals surface area contributed by atoms with Gasteiger partial charge in [-0.25, -0.2) is 15.8 Å². The van der Waals surface area contributed by atoms with Gasteiger partial charge in [0, 0.05) is 0 Å². The van der Waals surface area contributed by atoms with Crippen molar-refractivity contribution in [1.29, 1.82) is 0 Å². The van der Waals surface area contributed by atoms with Crippen LogP contribution in [0.15, 0.2) is 12.4 Å². The number of nitrogens with one attached hydrogen (secondary N) is 1. The predicted molar refractivity (Wildman–Crippen MR) is 54.2 cm³/mol. The second-order valence-electron chi connectivity index (χ2n) is 3.02. The van der Waals surface area contributed by atoms with Crippen molar-refractivity contribution in [3.05, 3.63) is 24.0 Å². The molecular formula is C8H11N7. The molecule has 0 saturated heterocycles. The normalized spacial score (nSPS) is 10.3. The summed E-state index contributed by atoms with van der Waals surface area (Å²) in [4.78, 5) is 12.4. The third-order valence-corrected chi connectivity index (χ3v) is 1.86. The maximum absolute atomic E-state index is 5.24. The van der Waals surface area contributed by atoms with Crippen molar-refractivity contribution in [2.45, 2.75) is 13.8 Å². The van der Waals surface area contributed by atoms with E-state index in [0.29, 0.717) is 17.5 Å². The van der Waals surface area contributed by atoms with E-state index in [4.69, 9.17) is 5.84 Å². The Kier molecular flexibility index (Phi) is 2.30. The summed E-state index contributed by atoms with van der Waals surface area (Å²) in [5, 5.41) is 4.19. The SMILES string of the molecule is Cc1nc(C)n(-c2cncc(NN)n2)n1. The molecule has 2 aromatic rings. The van der Waals surface area contributed by atoms with Crippen LogP contribution < -0.4 is 11.3 Å². The topological polar surface area (TPSA) is 94.5 Å². The molecule has 0 fully saturated rings. The third-order valence-electron chi connectivity index (χ3n) is 1.86. The highest BCUT2D eigenvalue weighted by atomic mass is 15.4. The summed E-state index contributed by atoms with van der Waals surface area (Å²) in [6.07, 6.45) is 3.13. The fourth-order valence-corrected chi connectivity index (χ4v) is 1.27. The van der Waals surface area contributed by atoms with Gasteiger partial charge in [0.15, 0.2) is 11.6 Å². The van der Waals surface area contributed by atoms with Gasteiger partial charge in [0.1, 0.15) is 11.6 Å². The first kappa shape index (κ1) is 9.53. The van der Waals surface area contributed by atoms with Crippen LogP contribution in [0.2, 0.25) is 0 Å². The van der Waals surface area contributed by atoms with Crippen LogP contribution in [0.5, 0.6) is 0 Å². The van der Waals surface area contributed by atoms with Crippen molar-refractivity contribution < 1.29 is 0 Å². The number of hydrogen-bond acceptors (Lipinski definition) is 6. The van der Waals surface area contributed by atoms with E-state index in [9.17, 15) is 0 Å². The molecule has 15 heavy (non-hydrogen) atoms. The van der Waals surface area contributed by atoms with Crippen LogP contribution in [0.25, 0.3) is 5.82 Å². The van der Waals surface area contributed by atoms with Crippen LogP contribution in [0, 0.1) is 13.8 Å². The molecule has 0 bridgehead atoms. The number of hydrogen-bond donors (Lipinski definition) is 2. The van der Waals surface area contributed by atoms with Crippen LogP contribution in [-0.4, -0.2) is 24.7 Å². The summed E-state index contributed by atoms with van der Waals surface area (Å²) in [6, 6.07) is 0. The van der Waals surface area contributed by atoms with Crippen LogP contribution >= 0.6 is 0 Å². The summed E-state index contributed by atoms with van der Waals surface area (Å²) >= 11 is 0. The summed E-state index contributed by atoms with van der Waals surface area (Å²) in [5.74, 6) is 7.77. The Hall–Kier alpha value is -2.02. The summed E-state index contributed by atoms with van der Waals surface area (Å²) in [7, 11) is 0. The molecule has 0 spiro atoms. The molecule has 0 aliphatic carbocycles. The Bertz CT molecular complexity index is 476. The zero-order valence-electron chi connectivity index (χ0n) is 8.47. The minimum atomic E-state index is 0.486. The second kappa shape index (κ2) is 3.62. The maximum atomic E-state index is 5.24. The van der Waals surface area contributed by atoms with Gasteiger partial charge in [0.25, 0.3) is 0 Å². The van der Waals surface area contributed by atoms with Gasteiger partial charge in [0.2, 0.25) is 0 Å². The van der Waals surface area contributed by atoms with Gasteiger partial charge < -0.3 is 5.43 Å². The lowest BCUT2D eigenvalue weighted by molar-refractivity contribution is 0.797.